The number of rotatable bonds is 0. The fourth-order valence-corrected chi connectivity index (χ4v) is 5.02. The van der Waals surface area contributed by atoms with Gasteiger partial charge in [-0.15, -0.1) is 0 Å². The van der Waals surface area contributed by atoms with Crippen molar-refractivity contribution in [2.75, 3.05) is 5.32 Å². The minimum absolute atomic E-state index is 0.102. The quantitative estimate of drug-likeness (QED) is 0.313. The molecule has 1 spiro atoms. The van der Waals surface area contributed by atoms with Gasteiger partial charge in [-0.3, -0.25) is 4.79 Å². The molecule has 0 fully saturated rings. The molecule has 6 rings (SSSR count). The van der Waals surface area contributed by atoms with Crippen LogP contribution in [0.15, 0.2) is 97.1 Å². The fraction of sp³-hybridized carbons (Fsp3) is 0.107. The van der Waals surface area contributed by atoms with Crippen LogP contribution in [-0.2, 0) is 5.41 Å². The predicted molar refractivity (Wildman–Crippen MR) is 123 cm³/mol. The van der Waals surface area contributed by atoms with Gasteiger partial charge in [-0.1, -0.05) is 98.8 Å². The second kappa shape index (κ2) is 7.00. The van der Waals surface area contributed by atoms with Crippen LogP contribution in [0.5, 0.6) is 0 Å². The van der Waals surface area contributed by atoms with E-state index in [9.17, 15) is 4.79 Å². The molecule has 0 bridgehead atoms. The number of ketones is 1. The number of carbonyl (C=O) groups is 1. The first-order valence-electron chi connectivity index (χ1n) is 10.5. The Kier molecular flexibility index (Phi) is 4.29. The van der Waals surface area contributed by atoms with E-state index in [1.54, 1.807) is 0 Å². The molecule has 0 aromatic heterocycles. The summed E-state index contributed by atoms with van der Waals surface area (Å²) in [6.07, 6.45) is 0. The lowest BCUT2D eigenvalue weighted by Crippen LogP contribution is -2.40. The summed E-state index contributed by atoms with van der Waals surface area (Å²) in [6, 6.07) is 33.0. The highest BCUT2D eigenvalue weighted by Crippen LogP contribution is 2.56. The predicted octanol–water partition coefficient (Wildman–Crippen LogP) is 6.70. The topological polar surface area (TPSA) is 29.1 Å². The number of hydrogen-bond donors (Lipinski definition) is 1. The second-order valence-corrected chi connectivity index (χ2v) is 7.39. The first kappa shape index (κ1) is 18.4. The average molecular weight is 389 g/mol. The Balaban J connectivity index is 0.000000937. The van der Waals surface area contributed by atoms with Crippen LogP contribution in [-0.4, -0.2) is 5.78 Å². The summed E-state index contributed by atoms with van der Waals surface area (Å²) in [5.41, 5.74) is 7.70. The summed E-state index contributed by atoms with van der Waals surface area (Å²) < 4.78 is 0. The molecule has 0 unspecified atom stereocenters. The molecule has 2 nitrogen and oxygen atoms in total. The van der Waals surface area contributed by atoms with E-state index < -0.39 is 5.41 Å². The maximum atomic E-state index is 13.3. The molecule has 0 saturated carbocycles. The molecule has 1 aliphatic heterocycles. The zero-order chi connectivity index (χ0) is 20.7. The summed E-state index contributed by atoms with van der Waals surface area (Å²) >= 11 is 0. The molecular formula is C28H23NO. The molecule has 4 aromatic rings. The number of fused-ring (bicyclic) bond motifs is 8. The van der Waals surface area contributed by atoms with Gasteiger partial charge in [-0.2, -0.15) is 0 Å². The molecule has 0 atom stereocenters. The lowest BCUT2D eigenvalue weighted by atomic mass is 9.58. The Morgan fingerprint density at radius 3 is 1.37 bits per heavy atom. The normalized spacial score (nSPS) is 14.3. The molecule has 2 heteroatoms. The molecule has 146 valence electrons. The Hall–Kier alpha value is -3.65. The fourth-order valence-electron chi connectivity index (χ4n) is 5.02. The summed E-state index contributed by atoms with van der Waals surface area (Å²) in [5, 5.41) is 3.60. The lowest BCUT2D eigenvalue weighted by Gasteiger charge is -2.45. The van der Waals surface area contributed by atoms with E-state index in [-0.39, 0.29) is 5.78 Å². The van der Waals surface area contributed by atoms with Gasteiger partial charge in [0.05, 0.1) is 5.41 Å². The van der Waals surface area contributed by atoms with Gasteiger partial charge in [0.15, 0.2) is 5.78 Å². The van der Waals surface area contributed by atoms with Crippen LogP contribution in [0.1, 0.15) is 52.0 Å². The van der Waals surface area contributed by atoms with Crippen LogP contribution < -0.4 is 5.32 Å². The van der Waals surface area contributed by atoms with Crippen LogP contribution in [0.25, 0.3) is 0 Å². The van der Waals surface area contributed by atoms with Gasteiger partial charge >= 0.3 is 0 Å². The Morgan fingerprint density at radius 1 is 0.533 bits per heavy atom. The van der Waals surface area contributed by atoms with E-state index >= 15 is 0 Å². The zero-order valence-corrected chi connectivity index (χ0v) is 17.1. The van der Waals surface area contributed by atoms with Gasteiger partial charge in [0, 0.05) is 22.5 Å². The second-order valence-electron chi connectivity index (χ2n) is 7.39. The van der Waals surface area contributed by atoms with E-state index in [2.05, 4.69) is 66.0 Å². The summed E-state index contributed by atoms with van der Waals surface area (Å²) in [5.74, 6) is 0.102. The van der Waals surface area contributed by atoms with Crippen molar-refractivity contribution in [3.8, 4) is 0 Å². The molecule has 1 heterocycles. The van der Waals surface area contributed by atoms with E-state index in [4.69, 9.17) is 0 Å². The minimum atomic E-state index is -0.514. The van der Waals surface area contributed by atoms with E-state index in [0.29, 0.717) is 0 Å². The maximum absolute atomic E-state index is 13.3. The molecule has 4 aromatic carbocycles. The van der Waals surface area contributed by atoms with Crippen LogP contribution in [0.3, 0.4) is 0 Å². The van der Waals surface area contributed by atoms with Crippen LogP contribution >= 0.6 is 0 Å². The van der Waals surface area contributed by atoms with Gasteiger partial charge in [0.25, 0.3) is 0 Å². The Bertz CT molecular complexity index is 1170. The number of para-hydroxylation sites is 2. The average Bonchev–Trinajstić information content (AvgIpc) is 2.83. The molecule has 0 saturated heterocycles. The molecule has 1 N–H and O–H groups in total. The summed E-state index contributed by atoms with van der Waals surface area (Å²) in [4.78, 5) is 13.3. The van der Waals surface area contributed by atoms with Crippen LogP contribution in [0, 0.1) is 0 Å². The lowest BCUT2D eigenvalue weighted by molar-refractivity contribution is 0.103. The molecule has 30 heavy (non-hydrogen) atoms. The highest BCUT2D eigenvalue weighted by molar-refractivity contribution is 6.14. The first-order valence-corrected chi connectivity index (χ1v) is 10.5. The largest absolute Gasteiger partial charge is 0.355 e. The number of anilines is 2. The van der Waals surface area contributed by atoms with Crippen molar-refractivity contribution in [3.05, 3.63) is 130 Å². The smallest absolute Gasteiger partial charge is 0.193 e. The Labute approximate surface area is 177 Å². The van der Waals surface area contributed by atoms with E-state index in [1.165, 1.54) is 11.1 Å². The number of benzene rings is 4. The Morgan fingerprint density at radius 2 is 0.900 bits per heavy atom. The van der Waals surface area contributed by atoms with Gasteiger partial charge < -0.3 is 5.32 Å². The zero-order valence-electron chi connectivity index (χ0n) is 17.1. The molecular weight excluding hydrogens is 366 g/mol. The van der Waals surface area contributed by atoms with Crippen molar-refractivity contribution in [3.63, 3.8) is 0 Å². The first-order chi connectivity index (χ1) is 14.8. The van der Waals surface area contributed by atoms with Gasteiger partial charge in [-0.05, 0) is 34.4 Å². The third-order valence-electron chi connectivity index (χ3n) is 6.08. The minimum Gasteiger partial charge on any atom is -0.355 e. The van der Waals surface area contributed by atoms with Crippen molar-refractivity contribution in [1.82, 2.24) is 0 Å². The maximum Gasteiger partial charge on any atom is 0.193 e. The van der Waals surface area contributed by atoms with E-state index in [1.807, 2.05) is 50.2 Å². The van der Waals surface area contributed by atoms with Crippen molar-refractivity contribution in [1.29, 1.82) is 0 Å². The highest BCUT2D eigenvalue weighted by atomic mass is 16.1. The van der Waals surface area contributed by atoms with Crippen molar-refractivity contribution >= 4 is 17.2 Å². The van der Waals surface area contributed by atoms with Crippen molar-refractivity contribution < 1.29 is 4.79 Å². The summed E-state index contributed by atoms with van der Waals surface area (Å²) in [7, 11) is 0. The number of nitrogens with one attached hydrogen (secondary N) is 1. The van der Waals surface area contributed by atoms with Gasteiger partial charge in [0.2, 0.25) is 0 Å². The number of hydrogen-bond acceptors (Lipinski definition) is 2. The third-order valence-corrected chi connectivity index (χ3v) is 6.08. The standard InChI is InChI=1S/C26H17NO.C2H6/c28-25-17-9-1-3-11-19(17)26(20-12-4-2-10-18(20)25)21-13-5-7-15-23(21)27-24-16-8-6-14-22(24)26;1-2/h1-16,27H;1-2H3. The molecule has 2 aliphatic rings. The highest BCUT2D eigenvalue weighted by Gasteiger charge is 2.49. The van der Waals surface area contributed by atoms with Crippen molar-refractivity contribution in [2.24, 2.45) is 0 Å². The monoisotopic (exact) mass is 389 g/mol. The van der Waals surface area contributed by atoms with Gasteiger partial charge in [0.1, 0.15) is 0 Å². The van der Waals surface area contributed by atoms with Crippen LogP contribution in [0.2, 0.25) is 0 Å². The molecule has 0 amide bonds. The SMILES string of the molecule is CC.O=C1c2ccccc2C2(c3ccccc3Nc3ccccc32)c2ccccc21. The van der Waals surface area contributed by atoms with Gasteiger partial charge in [-0.25, -0.2) is 0 Å². The summed E-state index contributed by atoms with van der Waals surface area (Å²) in [6.45, 7) is 4.00. The van der Waals surface area contributed by atoms with E-state index in [0.717, 1.165) is 33.6 Å². The van der Waals surface area contributed by atoms with Crippen molar-refractivity contribution in [2.45, 2.75) is 19.3 Å². The van der Waals surface area contributed by atoms with Crippen LogP contribution in [0.4, 0.5) is 11.4 Å². The third kappa shape index (κ3) is 2.28. The molecule has 0 radical (unpaired) electrons. The molecule has 1 aliphatic carbocycles. The number of carbonyl (C=O) groups excluding carboxylic acids is 1.